The summed E-state index contributed by atoms with van der Waals surface area (Å²) < 4.78 is 63.0. The summed E-state index contributed by atoms with van der Waals surface area (Å²) in [7, 11) is -1.36. The van der Waals surface area contributed by atoms with Crippen molar-refractivity contribution in [2.75, 3.05) is 12.4 Å². The highest BCUT2D eigenvalue weighted by atomic mass is 32.2. The minimum atomic E-state index is -4.21. The van der Waals surface area contributed by atoms with E-state index in [1.54, 1.807) is 19.1 Å². The Labute approximate surface area is 232 Å². The molecule has 13 heteroatoms. The zero-order valence-electron chi connectivity index (χ0n) is 21.9. The first kappa shape index (κ1) is 27.5. The lowest BCUT2D eigenvalue weighted by Crippen LogP contribution is -2.22. The summed E-state index contributed by atoms with van der Waals surface area (Å²) in [5.41, 5.74) is -0.0624. The Hall–Kier alpha value is -5.04. The lowest BCUT2D eigenvalue weighted by Gasteiger charge is -2.16. The summed E-state index contributed by atoms with van der Waals surface area (Å²) in [6.07, 6.45) is 2.60. The van der Waals surface area contributed by atoms with Gasteiger partial charge < -0.3 is 14.6 Å². The molecule has 0 amide bonds. The molecule has 210 valence electrons. The highest BCUT2D eigenvalue weighted by Gasteiger charge is 2.26. The number of nitro benzene ring substituents is 1. The van der Waals surface area contributed by atoms with Gasteiger partial charge in [0.1, 0.15) is 22.8 Å². The van der Waals surface area contributed by atoms with Crippen LogP contribution in [0.4, 0.5) is 20.2 Å². The normalized spacial score (nSPS) is 11.5. The third-order valence-electron chi connectivity index (χ3n) is 6.53. The van der Waals surface area contributed by atoms with Crippen LogP contribution in [0.5, 0.6) is 11.5 Å². The molecule has 0 atom stereocenters. The van der Waals surface area contributed by atoms with Crippen LogP contribution in [0.2, 0.25) is 0 Å². The Kier molecular flexibility index (Phi) is 6.83. The maximum Gasteiger partial charge on any atom is 0.293 e. The van der Waals surface area contributed by atoms with Gasteiger partial charge in [0, 0.05) is 61.2 Å². The van der Waals surface area contributed by atoms with Crippen LogP contribution >= 0.6 is 0 Å². The van der Waals surface area contributed by atoms with Gasteiger partial charge in [-0.2, -0.15) is 0 Å². The Bertz CT molecular complexity index is 2020. The Morgan fingerprint density at radius 2 is 1.68 bits per heavy atom. The van der Waals surface area contributed by atoms with E-state index in [1.807, 2.05) is 0 Å². The zero-order chi connectivity index (χ0) is 29.6. The van der Waals surface area contributed by atoms with Gasteiger partial charge in [-0.15, -0.1) is 0 Å². The van der Waals surface area contributed by atoms with E-state index in [0.29, 0.717) is 6.07 Å². The first-order chi connectivity index (χ1) is 19.4. The number of halogens is 2. The van der Waals surface area contributed by atoms with Crippen molar-refractivity contribution in [1.82, 2.24) is 8.54 Å². The van der Waals surface area contributed by atoms with E-state index in [4.69, 9.17) is 4.74 Å². The molecule has 5 aromatic rings. The minimum Gasteiger partial charge on any atom is -0.454 e. The quantitative estimate of drug-likeness (QED) is 0.197. The molecular weight excluding hydrogens is 558 g/mol. The van der Waals surface area contributed by atoms with Crippen LogP contribution in [0, 0.1) is 28.7 Å². The molecule has 0 unspecified atom stereocenters. The Morgan fingerprint density at radius 1 is 0.976 bits per heavy atom. The van der Waals surface area contributed by atoms with Crippen molar-refractivity contribution >= 4 is 32.3 Å². The predicted octanol–water partition coefficient (Wildman–Crippen LogP) is 5.57. The molecule has 0 bridgehead atoms. The number of aryl methyl sites for hydroxylation is 2. The lowest BCUT2D eigenvalue weighted by atomic mass is 10.0. The van der Waals surface area contributed by atoms with E-state index < -0.39 is 32.1 Å². The van der Waals surface area contributed by atoms with Crippen molar-refractivity contribution in [3.8, 4) is 22.6 Å². The van der Waals surface area contributed by atoms with E-state index in [9.17, 15) is 32.1 Å². The van der Waals surface area contributed by atoms with Crippen LogP contribution in [0.15, 0.2) is 82.7 Å². The summed E-state index contributed by atoms with van der Waals surface area (Å²) in [5, 5.41) is 14.8. The number of nitrogens with zero attached hydrogens (tertiary/aromatic N) is 3. The van der Waals surface area contributed by atoms with Gasteiger partial charge in [-0.25, -0.2) is 21.2 Å². The first-order valence-electron chi connectivity index (χ1n) is 12.1. The molecule has 5 rings (SSSR count). The van der Waals surface area contributed by atoms with Gasteiger partial charge in [0.15, 0.2) is 11.6 Å². The average Bonchev–Trinajstić information content (AvgIpc) is 3.39. The number of aromatic nitrogens is 2. The molecule has 0 fully saturated rings. The number of hydrogen-bond donors (Lipinski definition) is 1. The zero-order valence-corrected chi connectivity index (χ0v) is 22.7. The molecule has 3 aromatic carbocycles. The molecule has 0 saturated carbocycles. The van der Waals surface area contributed by atoms with Gasteiger partial charge in [0.25, 0.3) is 21.3 Å². The molecule has 0 radical (unpaired) electrons. The molecular formula is C28H22F2N4O6S. The predicted molar refractivity (Wildman–Crippen MR) is 149 cm³/mol. The van der Waals surface area contributed by atoms with E-state index in [-0.39, 0.29) is 49.8 Å². The fourth-order valence-corrected chi connectivity index (χ4v) is 5.80. The van der Waals surface area contributed by atoms with Crippen LogP contribution in [0.1, 0.15) is 5.56 Å². The standard InChI is InChI=1S/C28H22F2N4O6S/c1-16-4-7-18(8-5-16)41(38,39)33-11-10-19-21(15-32(3)28(35)27(19)33)20-13-24(34(36)37)23(31-2)14-26(20)40-25-9-6-17(29)12-22(25)30/h4-15,31H,1-3H3. The van der Waals surface area contributed by atoms with E-state index in [2.05, 4.69) is 5.32 Å². The topological polar surface area (TPSA) is 125 Å². The third kappa shape index (κ3) is 4.80. The number of hydrogen-bond acceptors (Lipinski definition) is 7. The van der Waals surface area contributed by atoms with Crippen molar-refractivity contribution in [2.24, 2.45) is 7.05 Å². The van der Waals surface area contributed by atoms with Crippen molar-refractivity contribution < 1.29 is 26.9 Å². The first-order valence-corrected chi connectivity index (χ1v) is 13.5. The van der Waals surface area contributed by atoms with Gasteiger partial charge in [-0.1, -0.05) is 17.7 Å². The van der Waals surface area contributed by atoms with Crippen molar-refractivity contribution in [3.63, 3.8) is 0 Å². The Morgan fingerprint density at radius 3 is 2.32 bits per heavy atom. The van der Waals surface area contributed by atoms with Crippen LogP contribution in [0.25, 0.3) is 22.0 Å². The second-order valence-corrected chi connectivity index (χ2v) is 11.0. The summed E-state index contributed by atoms with van der Waals surface area (Å²) in [6, 6.07) is 12.6. The van der Waals surface area contributed by atoms with Gasteiger partial charge in [0.2, 0.25) is 0 Å². The molecule has 1 N–H and O–H groups in total. The number of fused-ring (bicyclic) bond motifs is 1. The number of pyridine rings is 1. The average molecular weight is 581 g/mol. The summed E-state index contributed by atoms with van der Waals surface area (Å²) in [6.45, 7) is 1.81. The molecule has 0 spiro atoms. The SMILES string of the molecule is CNc1cc(Oc2ccc(F)cc2F)c(-c2cn(C)c(=O)c3c2ccn3S(=O)(=O)c2ccc(C)cc2)cc1[N+](=O)[O-]. The highest BCUT2D eigenvalue weighted by Crippen LogP contribution is 2.43. The maximum absolute atomic E-state index is 14.5. The van der Waals surface area contributed by atoms with Gasteiger partial charge in [-0.05, 0) is 37.3 Å². The lowest BCUT2D eigenvalue weighted by molar-refractivity contribution is -0.383. The number of nitrogens with one attached hydrogen (secondary N) is 1. The molecule has 0 aliphatic heterocycles. The number of nitro groups is 1. The number of rotatable bonds is 7. The van der Waals surface area contributed by atoms with Crippen molar-refractivity contribution in [2.45, 2.75) is 11.8 Å². The largest absolute Gasteiger partial charge is 0.454 e. The smallest absolute Gasteiger partial charge is 0.293 e. The molecule has 41 heavy (non-hydrogen) atoms. The maximum atomic E-state index is 14.5. The minimum absolute atomic E-state index is 0.0388. The fraction of sp³-hybridized carbons (Fsp3) is 0.107. The summed E-state index contributed by atoms with van der Waals surface area (Å²) in [4.78, 5) is 24.5. The molecule has 0 aliphatic rings. The number of benzene rings is 3. The summed E-state index contributed by atoms with van der Waals surface area (Å²) >= 11 is 0. The Balaban J connectivity index is 1.80. The van der Waals surface area contributed by atoms with Crippen LogP contribution in [-0.4, -0.2) is 28.9 Å². The van der Waals surface area contributed by atoms with Crippen LogP contribution < -0.4 is 15.6 Å². The van der Waals surface area contributed by atoms with Gasteiger partial charge in [-0.3, -0.25) is 14.9 Å². The fourth-order valence-electron chi connectivity index (χ4n) is 4.46. The number of ether oxygens (including phenoxy) is 1. The second-order valence-electron chi connectivity index (χ2n) is 9.20. The van der Waals surface area contributed by atoms with Crippen molar-refractivity contribution in [1.29, 1.82) is 0 Å². The van der Waals surface area contributed by atoms with Crippen LogP contribution in [0.3, 0.4) is 0 Å². The molecule has 0 aliphatic carbocycles. The van der Waals surface area contributed by atoms with E-state index in [1.165, 1.54) is 56.8 Å². The summed E-state index contributed by atoms with van der Waals surface area (Å²) in [5.74, 6) is -2.27. The molecule has 10 nitrogen and oxygen atoms in total. The van der Waals surface area contributed by atoms with E-state index in [0.717, 1.165) is 26.2 Å². The van der Waals surface area contributed by atoms with E-state index >= 15 is 0 Å². The molecule has 2 aromatic heterocycles. The highest BCUT2D eigenvalue weighted by molar-refractivity contribution is 7.90. The molecule has 2 heterocycles. The monoisotopic (exact) mass is 580 g/mol. The van der Waals surface area contributed by atoms with Crippen molar-refractivity contribution in [3.05, 3.63) is 111 Å². The van der Waals surface area contributed by atoms with Gasteiger partial charge >= 0.3 is 0 Å². The third-order valence-corrected chi connectivity index (χ3v) is 8.22. The van der Waals surface area contributed by atoms with Gasteiger partial charge in [0.05, 0.1) is 9.82 Å². The molecule has 0 saturated heterocycles. The van der Waals surface area contributed by atoms with Crippen LogP contribution in [-0.2, 0) is 17.1 Å². The number of anilines is 1. The second kappa shape index (κ2) is 10.2.